The van der Waals surface area contributed by atoms with E-state index in [0.717, 1.165) is 6.08 Å². The highest BCUT2D eigenvalue weighted by atomic mass is 35.5. The summed E-state index contributed by atoms with van der Waals surface area (Å²) in [7, 11) is 0. The lowest BCUT2D eigenvalue weighted by molar-refractivity contribution is -0.107. The Kier molecular flexibility index (Phi) is 2.99. The van der Waals surface area contributed by atoms with Crippen molar-refractivity contribution in [3.63, 3.8) is 0 Å². The van der Waals surface area contributed by atoms with Crippen LogP contribution in [0.2, 0.25) is 0 Å². The van der Waals surface area contributed by atoms with Crippen LogP contribution in [-0.4, -0.2) is 20.6 Å². The van der Waals surface area contributed by atoms with Crippen LogP contribution in [0.1, 0.15) is 5.56 Å². The Balaban J connectivity index is 3.07. The van der Waals surface area contributed by atoms with Crippen molar-refractivity contribution in [3.8, 4) is 17.2 Å². The predicted molar refractivity (Wildman–Crippen MR) is 51.3 cm³/mol. The molecular formula is C9H7ClO4. The van der Waals surface area contributed by atoms with E-state index >= 15 is 0 Å². The van der Waals surface area contributed by atoms with Crippen LogP contribution in [0.15, 0.2) is 18.2 Å². The molecule has 0 saturated heterocycles. The highest BCUT2D eigenvalue weighted by Gasteiger charge is 2.06. The van der Waals surface area contributed by atoms with Gasteiger partial charge in [0.25, 0.3) is 0 Å². The van der Waals surface area contributed by atoms with Gasteiger partial charge in [-0.1, -0.05) is 0 Å². The van der Waals surface area contributed by atoms with E-state index in [1.165, 1.54) is 18.2 Å². The number of carbonyl (C=O) groups excluding carboxylic acids is 1. The summed E-state index contributed by atoms with van der Waals surface area (Å²) >= 11 is 5.04. The van der Waals surface area contributed by atoms with Crippen molar-refractivity contribution in [1.82, 2.24) is 0 Å². The molecular weight excluding hydrogens is 208 g/mol. The Hall–Kier alpha value is -1.68. The second-order valence-electron chi connectivity index (χ2n) is 2.55. The zero-order chi connectivity index (χ0) is 10.7. The first-order chi connectivity index (χ1) is 6.50. The summed E-state index contributed by atoms with van der Waals surface area (Å²) in [6.45, 7) is 0. The molecule has 4 nitrogen and oxygen atoms in total. The maximum absolute atomic E-state index is 10.4. The number of phenolic OH excluding ortho intramolecular Hbond substituents is 3. The second kappa shape index (κ2) is 4.02. The molecule has 0 fully saturated rings. The van der Waals surface area contributed by atoms with Crippen LogP contribution in [0, 0.1) is 0 Å². The van der Waals surface area contributed by atoms with Crippen LogP contribution in [0.4, 0.5) is 0 Å². The number of halogens is 1. The lowest BCUT2D eigenvalue weighted by Gasteiger charge is -2.01. The van der Waals surface area contributed by atoms with Crippen molar-refractivity contribution in [2.75, 3.05) is 0 Å². The fourth-order valence-corrected chi connectivity index (χ4v) is 0.946. The number of phenols is 3. The summed E-state index contributed by atoms with van der Waals surface area (Å²) in [4.78, 5) is 10.4. The second-order valence-corrected chi connectivity index (χ2v) is 2.92. The van der Waals surface area contributed by atoms with Crippen molar-refractivity contribution < 1.29 is 20.1 Å². The minimum Gasteiger partial charge on any atom is -0.504 e. The van der Waals surface area contributed by atoms with Crippen LogP contribution >= 0.6 is 11.6 Å². The molecule has 0 heterocycles. The van der Waals surface area contributed by atoms with E-state index in [4.69, 9.17) is 26.9 Å². The highest BCUT2D eigenvalue weighted by Crippen LogP contribution is 2.35. The quantitative estimate of drug-likeness (QED) is 0.397. The highest BCUT2D eigenvalue weighted by molar-refractivity contribution is 6.66. The molecule has 5 heteroatoms. The zero-order valence-electron chi connectivity index (χ0n) is 6.94. The Labute approximate surface area is 84.7 Å². The van der Waals surface area contributed by atoms with Gasteiger partial charge in [-0.2, -0.15) is 0 Å². The molecule has 0 saturated carbocycles. The Morgan fingerprint density at radius 2 is 1.71 bits per heavy atom. The summed E-state index contributed by atoms with van der Waals surface area (Å²) in [5.41, 5.74) is 0.354. The average Bonchev–Trinajstić information content (AvgIpc) is 2.10. The fourth-order valence-electron chi connectivity index (χ4n) is 0.883. The molecule has 0 spiro atoms. The molecule has 0 aliphatic rings. The number of rotatable bonds is 2. The maximum atomic E-state index is 10.4. The fraction of sp³-hybridized carbons (Fsp3) is 0. The number of benzene rings is 1. The number of aromatic hydroxyl groups is 3. The molecule has 0 atom stereocenters. The van der Waals surface area contributed by atoms with Gasteiger partial charge in [-0.05, 0) is 41.4 Å². The van der Waals surface area contributed by atoms with Crippen LogP contribution < -0.4 is 0 Å². The number of allylic oxidation sites excluding steroid dienone is 1. The largest absolute Gasteiger partial charge is 0.504 e. The number of hydrogen-bond acceptors (Lipinski definition) is 4. The van der Waals surface area contributed by atoms with Gasteiger partial charge in [0.15, 0.2) is 17.2 Å². The van der Waals surface area contributed by atoms with E-state index in [-0.39, 0.29) is 0 Å². The molecule has 1 rings (SSSR count). The zero-order valence-corrected chi connectivity index (χ0v) is 7.69. The Morgan fingerprint density at radius 3 is 2.14 bits per heavy atom. The number of hydrogen-bond donors (Lipinski definition) is 3. The molecule has 3 N–H and O–H groups in total. The standard InChI is InChI=1S/C9H7ClO4/c10-8(13)2-1-5-3-6(11)9(14)7(12)4-5/h1-4,11-12,14H. The first-order valence-electron chi connectivity index (χ1n) is 3.63. The van der Waals surface area contributed by atoms with Gasteiger partial charge < -0.3 is 15.3 Å². The Bertz CT molecular complexity index is 375. The van der Waals surface area contributed by atoms with Crippen molar-refractivity contribution >= 4 is 22.9 Å². The van der Waals surface area contributed by atoms with E-state index in [1.807, 2.05) is 0 Å². The van der Waals surface area contributed by atoms with Gasteiger partial charge in [0, 0.05) is 0 Å². The lowest BCUT2D eigenvalue weighted by Crippen LogP contribution is -1.78. The van der Waals surface area contributed by atoms with E-state index in [0.29, 0.717) is 5.56 Å². The SMILES string of the molecule is O=C(Cl)C=Cc1cc(O)c(O)c(O)c1. The van der Waals surface area contributed by atoms with Crippen molar-refractivity contribution in [3.05, 3.63) is 23.8 Å². The third kappa shape index (κ3) is 2.40. The monoisotopic (exact) mass is 214 g/mol. The van der Waals surface area contributed by atoms with Crippen molar-refractivity contribution in [2.24, 2.45) is 0 Å². The predicted octanol–water partition coefficient (Wildman–Crippen LogP) is 1.58. The van der Waals surface area contributed by atoms with E-state index in [9.17, 15) is 4.79 Å². The minimum absolute atomic E-state index is 0.354. The minimum atomic E-state index is -0.669. The molecule has 0 radical (unpaired) electrons. The van der Waals surface area contributed by atoms with Crippen LogP contribution in [0.3, 0.4) is 0 Å². The molecule has 0 aliphatic heterocycles. The van der Waals surface area contributed by atoms with Gasteiger partial charge in [0.1, 0.15) is 0 Å². The van der Waals surface area contributed by atoms with Crippen LogP contribution in [0.5, 0.6) is 17.2 Å². The topological polar surface area (TPSA) is 77.8 Å². The third-order valence-corrected chi connectivity index (χ3v) is 1.62. The van der Waals surface area contributed by atoms with E-state index in [2.05, 4.69) is 0 Å². The first kappa shape index (κ1) is 10.4. The molecule has 0 amide bonds. The third-order valence-electron chi connectivity index (χ3n) is 1.50. The summed E-state index contributed by atoms with van der Waals surface area (Å²) < 4.78 is 0. The van der Waals surface area contributed by atoms with Gasteiger partial charge in [-0.25, -0.2) is 0 Å². The molecule has 0 aliphatic carbocycles. The molecule has 14 heavy (non-hydrogen) atoms. The summed E-state index contributed by atoms with van der Waals surface area (Å²) in [5, 5.41) is 26.5. The number of carbonyl (C=O) groups is 1. The van der Waals surface area contributed by atoms with Gasteiger partial charge >= 0.3 is 0 Å². The smallest absolute Gasteiger partial charge is 0.245 e. The van der Waals surface area contributed by atoms with E-state index in [1.54, 1.807) is 0 Å². The summed E-state index contributed by atoms with van der Waals surface area (Å²) in [5.74, 6) is -1.53. The summed E-state index contributed by atoms with van der Waals surface area (Å²) in [6.07, 6.45) is 2.36. The van der Waals surface area contributed by atoms with Crippen molar-refractivity contribution in [1.29, 1.82) is 0 Å². The molecule has 1 aromatic carbocycles. The molecule has 74 valence electrons. The van der Waals surface area contributed by atoms with E-state index < -0.39 is 22.5 Å². The van der Waals surface area contributed by atoms with Gasteiger partial charge in [0.2, 0.25) is 5.24 Å². The summed E-state index contributed by atoms with van der Waals surface area (Å²) in [6, 6.07) is 2.37. The normalized spacial score (nSPS) is 10.6. The van der Waals surface area contributed by atoms with Crippen molar-refractivity contribution in [2.45, 2.75) is 0 Å². The van der Waals surface area contributed by atoms with Crippen LogP contribution in [-0.2, 0) is 4.79 Å². The molecule has 0 unspecified atom stereocenters. The Morgan fingerprint density at radius 1 is 1.21 bits per heavy atom. The first-order valence-corrected chi connectivity index (χ1v) is 4.01. The molecule has 0 bridgehead atoms. The molecule has 1 aromatic rings. The van der Waals surface area contributed by atoms with Gasteiger partial charge in [-0.15, -0.1) is 0 Å². The van der Waals surface area contributed by atoms with Gasteiger partial charge in [0.05, 0.1) is 0 Å². The van der Waals surface area contributed by atoms with Crippen LogP contribution in [0.25, 0.3) is 6.08 Å². The maximum Gasteiger partial charge on any atom is 0.245 e. The molecule has 0 aromatic heterocycles. The van der Waals surface area contributed by atoms with Gasteiger partial charge in [-0.3, -0.25) is 4.79 Å². The lowest BCUT2D eigenvalue weighted by atomic mass is 10.1. The average molecular weight is 215 g/mol.